The predicted molar refractivity (Wildman–Crippen MR) is 97.2 cm³/mol. The summed E-state index contributed by atoms with van der Waals surface area (Å²) in [5, 5.41) is 19.6. The van der Waals surface area contributed by atoms with Crippen LogP contribution in [0.3, 0.4) is 0 Å². The Morgan fingerprint density at radius 2 is 2.23 bits per heavy atom. The van der Waals surface area contributed by atoms with Crippen LogP contribution in [-0.4, -0.2) is 47.4 Å². The molecule has 3 rings (SSSR count). The number of anilines is 1. The van der Waals surface area contributed by atoms with E-state index in [0.717, 1.165) is 25.3 Å². The van der Waals surface area contributed by atoms with Crippen LogP contribution < -0.4 is 5.32 Å². The molecule has 2 aliphatic rings. The Hall–Kier alpha value is -1.71. The van der Waals surface area contributed by atoms with Crippen LogP contribution in [0.5, 0.6) is 0 Å². The minimum atomic E-state index is -1.30. The molecule has 0 aromatic carbocycles. The lowest BCUT2D eigenvalue weighted by atomic mass is 9.87. The molecule has 0 radical (unpaired) electrons. The van der Waals surface area contributed by atoms with E-state index in [4.69, 9.17) is 0 Å². The Balaban J connectivity index is 1.64. The highest BCUT2D eigenvalue weighted by molar-refractivity contribution is 7.93. The Morgan fingerprint density at radius 1 is 1.50 bits per heavy atom. The maximum atomic E-state index is 13.9. The average molecular weight is 382 g/mol. The van der Waals surface area contributed by atoms with Crippen molar-refractivity contribution in [3.63, 3.8) is 0 Å². The average Bonchev–Trinajstić information content (AvgIpc) is 2.98. The quantitative estimate of drug-likeness (QED) is 0.652. The smallest absolute Gasteiger partial charge is 0.282 e. The second-order valence-electron chi connectivity index (χ2n) is 7.23. The number of aromatic nitrogens is 3. The summed E-state index contributed by atoms with van der Waals surface area (Å²) in [4.78, 5) is 15.3. The number of halogens is 1. The Bertz CT molecular complexity index is 742. The largest absolute Gasteiger partial charge is 0.616 e. The van der Waals surface area contributed by atoms with Gasteiger partial charge in [-0.05, 0) is 50.4 Å². The molecule has 1 heterocycles. The van der Waals surface area contributed by atoms with Crippen molar-refractivity contribution in [1.29, 1.82) is 0 Å². The van der Waals surface area contributed by atoms with Gasteiger partial charge in [0.05, 0.1) is 11.7 Å². The van der Waals surface area contributed by atoms with Crippen LogP contribution in [0, 0.1) is 5.92 Å². The molecule has 9 heteroatoms. The molecule has 2 unspecified atom stereocenters. The molecule has 1 amide bonds. The summed E-state index contributed by atoms with van der Waals surface area (Å²) in [6.07, 6.45) is 5.33. The molecule has 0 spiro atoms. The van der Waals surface area contributed by atoms with Gasteiger partial charge in [-0.25, -0.2) is 4.39 Å². The van der Waals surface area contributed by atoms with Crippen molar-refractivity contribution in [2.45, 2.75) is 50.4 Å². The van der Waals surface area contributed by atoms with Crippen molar-refractivity contribution in [1.82, 2.24) is 15.2 Å². The van der Waals surface area contributed by atoms with E-state index in [-0.39, 0.29) is 23.8 Å². The van der Waals surface area contributed by atoms with E-state index >= 15 is 0 Å². The first-order valence-electron chi connectivity index (χ1n) is 8.66. The molecule has 142 valence electrons. The van der Waals surface area contributed by atoms with Crippen LogP contribution in [0.25, 0.3) is 5.57 Å². The third kappa shape index (κ3) is 3.99. The fourth-order valence-electron chi connectivity index (χ4n) is 2.76. The summed E-state index contributed by atoms with van der Waals surface area (Å²) < 4.78 is 25.4. The predicted octanol–water partition coefficient (Wildman–Crippen LogP) is 2.07. The minimum Gasteiger partial charge on any atom is -0.616 e. The van der Waals surface area contributed by atoms with Gasteiger partial charge in [0, 0.05) is 5.92 Å². The third-order valence-corrected chi connectivity index (χ3v) is 6.96. The molecule has 2 atom stereocenters. The summed E-state index contributed by atoms with van der Waals surface area (Å²) in [5.74, 6) is 0.158. The number of allylic oxidation sites excluding steroid dienone is 2. The molecule has 0 bridgehead atoms. The van der Waals surface area contributed by atoms with Crippen LogP contribution in [0.1, 0.15) is 45.4 Å². The van der Waals surface area contributed by atoms with E-state index in [1.165, 1.54) is 6.08 Å². The molecule has 1 aromatic rings. The number of aliphatic hydroxyl groups is 1. The molecule has 2 aliphatic carbocycles. The zero-order chi connectivity index (χ0) is 18.9. The number of rotatable bonds is 6. The maximum Gasteiger partial charge on any atom is 0.282 e. The van der Waals surface area contributed by atoms with Crippen LogP contribution in [0.15, 0.2) is 18.0 Å². The summed E-state index contributed by atoms with van der Waals surface area (Å²) >= 11 is -1.30. The molecule has 7 nitrogen and oxygen atoms in total. The van der Waals surface area contributed by atoms with Gasteiger partial charge in [-0.3, -0.25) is 10.1 Å². The van der Waals surface area contributed by atoms with Gasteiger partial charge in [-0.15, -0.1) is 10.2 Å². The summed E-state index contributed by atoms with van der Waals surface area (Å²) in [5.41, 5.74) is 0.191. The van der Waals surface area contributed by atoms with Crippen molar-refractivity contribution >= 4 is 28.6 Å². The first-order valence-corrected chi connectivity index (χ1v) is 9.98. The lowest BCUT2D eigenvalue weighted by Gasteiger charge is -2.32. The third-order valence-electron chi connectivity index (χ3n) is 4.86. The van der Waals surface area contributed by atoms with E-state index in [1.54, 1.807) is 13.8 Å². The second kappa shape index (κ2) is 7.50. The zero-order valence-corrected chi connectivity index (χ0v) is 15.6. The lowest BCUT2D eigenvalue weighted by Crippen LogP contribution is -2.47. The molecular formula is C17H23FN4O3S. The molecule has 1 fully saturated rings. The summed E-state index contributed by atoms with van der Waals surface area (Å²) in [7, 11) is 0. The number of amides is 1. The Kier molecular flexibility index (Phi) is 5.50. The van der Waals surface area contributed by atoms with Gasteiger partial charge < -0.3 is 14.6 Å². The molecule has 0 aliphatic heterocycles. The van der Waals surface area contributed by atoms with Gasteiger partial charge in [0.25, 0.3) is 5.91 Å². The number of aliphatic hydroxyl groups excluding tert-OH is 1. The van der Waals surface area contributed by atoms with Gasteiger partial charge in [0.1, 0.15) is 11.6 Å². The van der Waals surface area contributed by atoms with Crippen molar-refractivity contribution in [3.05, 3.63) is 23.8 Å². The summed E-state index contributed by atoms with van der Waals surface area (Å²) in [6, 6.07) is 0. The standard InChI is InChI=1S/C17H23FN4O3S/c1-17(2,26(25)9-10-4-3-5-10)15(24)20-16-19-14(21-22-16)12-7-6-11(23)8-13(12)18/h7-8,10-11,23H,3-6,9H2,1-2H3,(H2,19,20,21,22,24). The highest BCUT2D eigenvalue weighted by Gasteiger charge is 2.42. The van der Waals surface area contributed by atoms with Gasteiger partial charge in [0.2, 0.25) is 5.95 Å². The van der Waals surface area contributed by atoms with Crippen LogP contribution in [0.2, 0.25) is 0 Å². The van der Waals surface area contributed by atoms with E-state index in [1.807, 2.05) is 0 Å². The minimum absolute atomic E-state index is 0.0681. The molecular weight excluding hydrogens is 359 g/mol. The van der Waals surface area contributed by atoms with Crippen LogP contribution in [-0.2, 0) is 16.0 Å². The molecule has 3 N–H and O–H groups in total. The second-order valence-corrected chi connectivity index (χ2v) is 9.28. The number of carbonyl (C=O) groups excluding carboxylic acids is 1. The fraction of sp³-hybridized carbons (Fsp3) is 0.588. The number of nitrogens with zero attached hydrogens (tertiary/aromatic N) is 2. The normalized spacial score (nSPS) is 22.3. The topological polar surface area (TPSA) is 114 Å². The maximum absolute atomic E-state index is 13.9. The number of H-pyrrole nitrogens is 1. The van der Waals surface area contributed by atoms with E-state index in [2.05, 4.69) is 20.5 Å². The van der Waals surface area contributed by atoms with Gasteiger partial charge in [-0.2, -0.15) is 0 Å². The first kappa shape index (κ1) is 19.1. The number of hydrogen-bond acceptors (Lipinski definition) is 5. The zero-order valence-electron chi connectivity index (χ0n) is 14.8. The van der Waals surface area contributed by atoms with Crippen molar-refractivity contribution < 1.29 is 18.8 Å². The van der Waals surface area contributed by atoms with Crippen molar-refractivity contribution in [2.75, 3.05) is 11.1 Å². The monoisotopic (exact) mass is 382 g/mol. The number of carbonyl (C=O) groups is 1. The highest BCUT2D eigenvalue weighted by atomic mass is 32.2. The highest BCUT2D eigenvalue weighted by Crippen LogP contribution is 2.32. The number of nitrogens with one attached hydrogen (secondary N) is 2. The molecule has 1 aromatic heterocycles. The van der Waals surface area contributed by atoms with Crippen molar-refractivity contribution in [2.24, 2.45) is 5.92 Å². The van der Waals surface area contributed by atoms with E-state index < -0.39 is 33.8 Å². The van der Waals surface area contributed by atoms with Gasteiger partial charge in [0.15, 0.2) is 10.6 Å². The van der Waals surface area contributed by atoms with E-state index in [0.29, 0.717) is 11.7 Å². The van der Waals surface area contributed by atoms with Crippen LogP contribution >= 0.6 is 0 Å². The van der Waals surface area contributed by atoms with Crippen LogP contribution in [0.4, 0.5) is 10.3 Å². The van der Waals surface area contributed by atoms with E-state index in [9.17, 15) is 18.8 Å². The molecule has 26 heavy (non-hydrogen) atoms. The first-order chi connectivity index (χ1) is 12.3. The van der Waals surface area contributed by atoms with Gasteiger partial charge in [-0.1, -0.05) is 12.5 Å². The molecule has 1 saturated carbocycles. The summed E-state index contributed by atoms with van der Waals surface area (Å²) in [6.45, 7) is 3.28. The fourth-order valence-corrected chi connectivity index (χ4v) is 4.19. The Labute approximate surface area is 154 Å². The number of hydrogen-bond donors (Lipinski definition) is 3. The van der Waals surface area contributed by atoms with Gasteiger partial charge >= 0.3 is 0 Å². The van der Waals surface area contributed by atoms with Crippen molar-refractivity contribution in [3.8, 4) is 0 Å². The lowest BCUT2D eigenvalue weighted by molar-refractivity contribution is -0.117. The molecule has 0 saturated heterocycles. The Morgan fingerprint density at radius 3 is 2.85 bits per heavy atom. The SMILES string of the molecule is CC(C)(C(=O)Nc1nnc(C2=CCC(O)C=C2F)[nH]1)[S+]([O-])CC1CCC1. The number of aromatic amines is 1.